The molecule has 0 saturated heterocycles. The van der Waals surface area contributed by atoms with Crippen molar-refractivity contribution in [2.45, 2.75) is 58.4 Å². The fourth-order valence-corrected chi connectivity index (χ4v) is 3.37. The van der Waals surface area contributed by atoms with E-state index in [4.69, 9.17) is 5.11 Å². The van der Waals surface area contributed by atoms with Crippen molar-refractivity contribution in [3.05, 3.63) is 0 Å². The Balaban J connectivity index is 1.83. The van der Waals surface area contributed by atoms with E-state index < -0.39 is 12.0 Å². The van der Waals surface area contributed by atoms with Gasteiger partial charge in [-0.2, -0.15) is 0 Å². The van der Waals surface area contributed by atoms with Crippen LogP contribution >= 0.6 is 0 Å². The van der Waals surface area contributed by atoms with Crippen molar-refractivity contribution in [2.75, 3.05) is 0 Å². The molecule has 0 radical (unpaired) electrons. The summed E-state index contributed by atoms with van der Waals surface area (Å²) in [6.45, 7) is 3.65. The Bertz CT molecular complexity index is 347. The van der Waals surface area contributed by atoms with Crippen molar-refractivity contribution >= 4 is 11.9 Å². The number of carbonyl (C=O) groups excluding carboxylic acids is 1. The van der Waals surface area contributed by atoms with Gasteiger partial charge in [0.15, 0.2) is 0 Å². The summed E-state index contributed by atoms with van der Waals surface area (Å²) in [7, 11) is 0. The molecule has 3 atom stereocenters. The summed E-state index contributed by atoms with van der Waals surface area (Å²) < 4.78 is 0. The van der Waals surface area contributed by atoms with Gasteiger partial charge in [-0.1, -0.05) is 46.0 Å². The number of amides is 1. The van der Waals surface area contributed by atoms with Gasteiger partial charge in [-0.05, 0) is 24.2 Å². The van der Waals surface area contributed by atoms with Gasteiger partial charge in [-0.25, -0.2) is 4.79 Å². The van der Waals surface area contributed by atoms with Gasteiger partial charge in [0.25, 0.3) is 0 Å². The molecule has 0 aromatic rings. The molecule has 0 aromatic heterocycles. The molecule has 0 spiro atoms. The number of hydrogen-bond donors (Lipinski definition) is 2. The molecule has 2 aliphatic rings. The maximum Gasteiger partial charge on any atom is 0.326 e. The van der Waals surface area contributed by atoms with Crippen LogP contribution in [0.4, 0.5) is 0 Å². The lowest BCUT2D eigenvalue weighted by Gasteiger charge is -2.22. The first-order valence-corrected chi connectivity index (χ1v) is 7.54. The molecular formula is C15H25NO3. The third kappa shape index (κ3) is 3.48. The van der Waals surface area contributed by atoms with E-state index in [1.165, 1.54) is 32.1 Å². The molecule has 0 aromatic carbocycles. The van der Waals surface area contributed by atoms with E-state index >= 15 is 0 Å². The van der Waals surface area contributed by atoms with E-state index in [1.54, 1.807) is 0 Å². The number of aliphatic carboxylic acids is 1. The van der Waals surface area contributed by atoms with Gasteiger partial charge in [0.1, 0.15) is 6.04 Å². The van der Waals surface area contributed by atoms with Crippen LogP contribution in [0.15, 0.2) is 0 Å². The number of carboxylic acid groups (broad SMARTS) is 1. The Morgan fingerprint density at radius 1 is 1.16 bits per heavy atom. The Hall–Kier alpha value is -1.06. The van der Waals surface area contributed by atoms with Gasteiger partial charge in [-0.3, -0.25) is 4.79 Å². The van der Waals surface area contributed by atoms with Gasteiger partial charge in [0, 0.05) is 5.92 Å². The van der Waals surface area contributed by atoms with Crippen LogP contribution in [0.2, 0.25) is 0 Å². The molecule has 0 aliphatic heterocycles. The van der Waals surface area contributed by atoms with Crippen LogP contribution in [0.1, 0.15) is 52.4 Å². The van der Waals surface area contributed by atoms with Crippen LogP contribution in [-0.2, 0) is 9.59 Å². The highest BCUT2D eigenvalue weighted by Gasteiger charge is 2.48. The second-order valence-electron chi connectivity index (χ2n) is 6.47. The summed E-state index contributed by atoms with van der Waals surface area (Å²) in [4.78, 5) is 23.2. The third-order valence-corrected chi connectivity index (χ3v) is 4.66. The monoisotopic (exact) mass is 267 g/mol. The first-order valence-electron chi connectivity index (χ1n) is 7.54. The van der Waals surface area contributed by atoms with E-state index in [1.807, 2.05) is 13.8 Å². The van der Waals surface area contributed by atoms with Crippen LogP contribution < -0.4 is 5.32 Å². The van der Waals surface area contributed by atoms with Gasteiger partial charge >= 0.3 is 5.97 Å². The van der Waals surface area contributed by atoms with Crippen molar-refractivity contribution in [1.29, 1.82) is 0 Å². The second kappa shape index (κ2) is 5.93. The fourth-order valence-electron chi connectivity index (χ4n) is 3.37. The van der Waals surface area contributed by atoms with Crippen LogP contribution in [-0.4, -0.2) is 23.0 Å². The predicted molar refractivity (Wildman–Crippen MR) is 72.6 cm³/mol. The van der Waals surface area contributed by atoms with Crippen LogP contribution in [0, 0.1) is 23.7 Å². The quantitative estimate of drug-likeness (QED) is 0.804. The summed E-state index contributed by atoms with van der Waals surface area (Å²) in [5.41, 5.74) is 0. The molecule has 108 valence electrons. The maximum absolute atomic E-state index is 12.1. The summed E-state index contributed by atoms with van der Waals surface area (Å²) in [5.74, 6) is 0.237. The average Bonchev–Trinajstić information content (AvgIpc) is 3.16. The summed E-state index contributed by atoms with van der Waals surface area (Å²) in [6.07, 6.45) is 7.37. The molecule has 0 bridgehead atoms. The number of carbonyl (C=O) groups is 2. The zero-order valence-corrected chi connectivity index (χ0v) is 11.9. The van der Waals surface area contributed by atoms with Crippen LogP contribution in [0.3, 0.4) is 0 Å². The summed E-state index contributed by atoms with van der Waals surface area (Å²) >= 11 is 0. The zero-order chi connectivity index (χ0) is 14.0. The summed E-state index contributed by atoms with van der Waals surface area (Å²) in [5, 5.41) is 11.8. The first-order chi connectivity index (χ1) is 9.00. The minimum Gasteiger partial charge on any atom is -0.480 e. The van der Waals surface area contributed by atoms with Crippen molar-refractivity contribution in [1.82, 2.24) is 5.32 Å². The van der Waals surface area contributed by atoms with Crippen molar-refractivity contribution in [2.24, 2.45) is 23.7 Å². The number of rotatable bonds is 5. The Labute approximate surface area is 115 Å². The molecule has 2 rings (SSSR count). The van der Waals surface area contributed by atoms with Crippen molar-refractivity contribution in [3.8, 4) is 0 Å². The lowest BCUT2D eigenvalue weighted by atomic mass is 9.85. The number of hydrogen-bond acceptors (Lipinski definition) is 2. The van der Waals surface area contributed by atoms with Gasteiger partial charge in [0.05, 0.1) is 0 Å². The third-order valence-electron chi connectivity index (χ3n) is 4.66. The van der Waals surface area contributed by atoms with E-state index in [2.05, 4.69) is 5.32 Å². The van der Waals surface area contributed by atoms with E-state index in [9.17, 15) is 9.59 Å². The summed E-state index contributed by atoms with van der Waals surface area (Å²) in [6, 6.07) is -0.750. The zero-order valence-electron chi connectivity index (χ0n) is 11.9. The lowest BCUT2D eigenvalue weighted by Crippen LogP contribution is -2.45. The molecule has 2 N–H and O–H groups in total. The molecule has 2 saturated carbocycles. The molecule has 0 heterocycles. The first kappa shape index (κ1) is 14.4. The molecular weight excluding hydrogens is 242 g/mol. The molecule has 4 heteroatoms. The van der Waals surface area contributed by atoms with Crippen molar-refractivity contribution in [3.63, 3.8) is 0 Å². The van der Waals surface area contributed by atoms with Crippen LogP contribution in [0.25, 0.3) is 0 Å². The minimum atomic E-state index is -0.932. The van der Waals surface area contributed by atoms with E-state index in [-0.39, 0.29) is 17.7 Å². The average molecular weight is 267 g/mol. The number of nitrogens with one attached hydrogen (secondary N) is 1. The maximum atomic E-state index is 12.1. The Morgan fingerprint density at radius 2 is 1.79 bits per heavy atom. The van der Waals surface area contributed by atoms with E-state index in [0.717, 1.165) is 6.42 Å². The van der Waals surface area contributed by atoms with Gasteiger partial charge in [0.2, 0.25) is 5.91 Å². The molecule has 3 unspecified atom stereocenters. The molecule has 2 aliphatic carbocycles. The number of carboxylic acids is 1. The van der Waals surface area contributed by atoms with E-state index in [0.29, 0.717) is 11.8 Å². The van der Waals surface area contributed by atoms with Gasteiger partial charge in [-0.15, -0.1) is 0 Å². The van der Waals surface area contributed by atoms with Gasteiger partial charge < -0.3 is 10.4 Å². The highest BCUT2D eigenvalue weighted by atomic mass is 16.4. The fraction of sp³-hybridized carbons (Fsp3) is 0.867. The predicted octanol–water partition coefficient (Wildman–Crippen LogP) is 2.43. The smallest absolute Gasteiger partial charge is 0.326 e. The highest BCUT2D eigenvalue weighted by molar-refractivity contribution is 5.86. The Morgan fingerprint density at radius 3 is 2.32 bits per heavy atom. The largest absolute Gasteiger partial charge is 0.480 e. The topological polar surface area (TPSA) is 66.4 Å². The minimum absolute atomic E-state index is 0.0447. The lowest BCUT2D eigenvalue weighted by molar-refractivity contribution is -0.143. The molecule has 2 fully saturated rings. The Kier molecular flexibility index (Phi) is 4.48. The molecule has 4 nitrogen and oxygen atoms in total. The molecule has 1 amide bonds. The molecule has 19 heavy (non-hydrogen) atoms. The standard InChI is InChI=1S/C15H25NO3/c1-9(2)13(15(18)19)16-14(17)12-8-11(12)10-6-4-3-5-7-10/h9-13H,3-8H2,1-2H3,(H,16,17)(H,18,19). The van der Waals surface area contributed by atoms with Crippen molar-refractivity contribution < 1.29 is 14.7 Å². The SMILES string of the molecule is CC(C)C(NC(=O)C1CC1C1CCCCC1)C(=O)O. The second-order valence-corrected chi connectivity index (χ2v) is 6.47. The normalized spacial score (nSPS) is 29.0. The van der Waals surface area contributed by atoms with Crippen LogP contribution in [0.5, 0.6) is 0 Å². The highest BCUT2D eigenvalue weighted by Crippen LogP contribution is 2.49.